The third-order valence-corrected chi connectivity index (χ3v) is 4.73. The zero-order valence-electron chi connectivity index (χ0n) is 11.3. The van der Waals surface area contributed by atoms with Crippen LogP contribution in [0.25, 0.3) is 0 Å². The number of nitrogens with two attached hydrogens (primary N) is 1. The molecule has 0 aliphatic carbocycles. The molecule has 1 aromatic heterocycles. The molecule has 0 saturated carbocycles. The summed E-state index contributed by atoms with van der Waals surface area (Å²) in [6, 6.07) is 0. The number of amides is 1. The van der Waals surface area contributed by atoms with Crippen molar-refractivity contribution in [2.45, 2.75) is 18.7 Å². The number of carboxylic acids is 1. The number of aromatic nitrogens is 2. The number of carbonyl (C=O) groups excluding carboxylic acids is 1. The van der Waals surface area contributed by atoms with E-state index in [1.54, 1.807) is 7.05 Å². The lowest BCUT2D eigenvalue weighted by atomic mass is 10.4. The third kappa shape index (κ3) is 3.14. The molecule has 0 unspecified atom stereocenters. The molecule has 1 rings (SSSR count). The van der Waals surface area contributed by atoms with Crippen LogP contribution in [0.4, 0.5) is 0 Å². The van der Waals surface area contributed by atoms with Gasteiger partial charge in [-0.3, -0.25) is 14.3 Å². The fourth-order valence-corrected chi connectivity index (χ4v) is 3.56. The fraction of sp³-hybridized carbons (Fsp3) is 0.500. The average Bonchev–Trinajstić information content (AvgIpc) is 2.50. The molecule has 0 saturated heterocycles. The smallest absolute Gasteiger partial charge is 0.318 e. The molecule has 0 fully saturated rings. The van der Waals surface area contributed by atoms with Crippen LogP contribution in [0.1, 0.15) is 11.4 Å². The van der Waals surface area contributed by atoms with Crippen LogP contribution in [-0.2, 0) is 26.7 Å². The Morgan fingerprint density at radius 1 is 1.35 bits per heavy atom. The lowest BCUT2D eigenvalue weighted by Crippen LogP contribution is -2.41. The largest absolute Gasteiger partial charge is 0.480 e. The minimum atomic E-state index is -4.16. The Kier molecular flexibility index (Phi) is 4.50. The van der Waals surface area contributed by atoms with Crippen LogP contribution in [0.2, 0.25) is 0 Å². The van der Waals surface area contributed by atoms with Crippen molar-refractivity contribution in [3.05, 3.63) is 11.4 Å². The van der Waals surface area contributed by atoms with Crippen LogP contribution >= 0.6 is 0 Å². The summed E-state index contributed by atoms with van der Waals surface area (Å²) in [5.74, 6) is -2.32. The highest BCUT2D eigenvalue weighted by Gasteiger charge is 2.32. The molecule has 1 heterocycles. The lowest BCUT2D eigenvalue weighted by Gasteiger charge is -2.18. The van der Waals surface area contributed by atoms with E-state index in [2.05, 4.69) is 5.10 Å². The Hall–Kier alpha value is -1.94. The minimum absolute atomic E-state index is 0.109. The van der Waals surface area contributed by atoms with Crippen molar-refractivity contribution in [2.24, 2.45) is 12.8 Å². The second-order valence-corrected chi connectivity index (χ2v) is 6.13. The predicted molar refractivity (Wildman–Crippen MR) is 68.3 cm³/mol. The van der Waals surface area contributed by atoms with Crippen LogP contribution in [0.15, 0.2) is 4.90 Å². The molecule has 0 bridgehead atoms. The highest BCUT2D eigenvalue weighted by Crippen LogP contribution is 2.22. The number of primary amides is 1. The Labute approximate surface area is 116 Å². The van der Waals surface area contributed by atoms with Crippen molar-refractivity contribution >= 4 is 21.9 Å². The summed E-state index contributed by atoms with van der Waals surface area (Å²) in [6.07, 6.45) is 0. The topological polar surface area (TPSA) is 136 Å². The number of rotatable bonds is 6. The Balaban J connectivity index is 3.35. The van der Waals surface area contributed by atoms with Gasteiger partial charge in [-0.1, -0.05) is 0 Å². The van der Waals surface area contributed by atoms with Gasteiger partial charge in [-0.15, -0.1) is 0 Å². The SMILES string of the molecule is Cc1nn(C)c(C)c1S(=O)(=O)N(CC(N)=O)CC(=O)O. The van der Waals surface area contributed by atoms with E-state index < -0.39 is 35.0 Å². The highest BCUT2D eigenvalue weighted by atomic mass is 32.2. The number of hydrogen-bond donors (Lipinski definition) is 2. The van der Waals surface area contributed by atoms with Crippen LogP contribution in [0.5, 0.6) is 0 Å². The van der Waals surface area contributed by atoms with Crippen molar-refractivity contribution in [1.29, 1.82) is 0 Å². The predicted octanol–water partition coefficient (Wildman–Crippen LogP) is -1.40. The first-order valence-corrected chi connectivity index (χ1v) is 7.01. The number of carboxylic acid groups (broad SMARTS) is 1. The van der Waals surface area contributed by atoms with Crippen molar-refractivity contribution in [3.63, 3.8) is 0 Å². The number of aryl methyl sites for hydroxylation is 2. The summed E-state index contributed by atoms with van der Waals surface area (Å²) in [5.41, 5.74) is 5.54. The zero-order valence-corrected chi connectivity index (χ0v) is 12.1. The van der Waals surface area contributed by atoms with Gasteiger partial charge in [0.2, 0.25) is 15.9 Å². The average molecular weight is 304 g/mol. The monoisotopic (exact) mass is 304 g/mol. The van der Waals surface area contributed by atoms with E-state index in [0.29, 0.717) is 10.00 Å². The molecule has 0 spiro atoms. The van der Waals surface area contributed by atoms with Crippen molar-refractivity contribution in [2.75, 3.05) is 13.1 Å². The summed E-state index contributed by atoms with van der Waals surface area (Å²) >= 11 is 0. The van der Waals surface area contributed by atoms with Crippen molar-refractivity contribution in [1.82, 2.24) is 14.1 Å². The maximum absolute atomic E-state index is 12.5. The van der Waals surface area contributed by atoms with Gasteiger partial charge >= 0.3 is 5.97 Å². The summed E-state index contributed by atoms with van der Waals surface area (Å²) in [5, 5.41) is 12.7. The molecule has 0 aliphatic heterocycles. The van der Waals surface area contributed by atoms with Gasteiger partial charge in [0.05, 0.1) is 17.9 Å². The molecule has 10 heteroatoms. The van der Waals surface area contributed by atoms with Crippen molar-refractivity contribution < 1.29 is 23.1 Å². The van der Waals surface area contributed by atoms with E-state index in [1.165, 1.54) is 18.5 Å². The second kappa shape index (κ2) is 5.59. The molecule has 1 amide bonds. The van der Waals surface area contributed by atoms with Crippen LogP contribution < -0.4 is 5.73 Å². The standard InChI is InChI=1S/C10H16N4O5S/c1-6-10(7(2)13(3)12-6)20(18,19)14(4-8(11)15)5-9(16)17/h4-5H2,1-3H3,(H2,11,15)(H,16,17). The van der Waals surface area contributed by atoms with Gasteiger partial charge in [0.15, 0.2) is 0 Å². The van der Waals surface area contributed by atoms with E-state index in [1.807, 2.05) is 0 Å². The number of nitrogens with zero attached hydrogens (tertiary/aromatic N) is 3. The normalized spacial score (nSPS) is 11.8. The molecule has 0 atom stereocenters. The summed E-state index contributed by atoms with van der Waals surface area (Å²) < 4.78 is 26.8. The van der Waals surface area contributed by atoms with Crippen molar-refractivity contribution in [3.8, 4) is 0 Å². The first kappa shape index (κ1) is 16.1. The first-order valence-electron chi connectivity index (χ1n) is 5.57. The molecule has 3 N–H and O–H groups in total. The molecule has 0 radical (unpaired) electrons. The minimum Gasteiger partial charge on any atom is -0.480 e. The number of carbonyl (C=O) groups is 2. The Morgan fingerprint density at radius 2 is 1.90 bits per heavy atom. The second-order valence-electron chi connectivity index (χ2n) is 4.26. The molecular weight excluding hydrogens is 288 g/mol. The van der Waals surface area contributed by atoms with E-state index in [-0.39, 0.29) is 10.6 Å². The molecule has 0 aliphatic rings. The maximum Gasteiger partial charge on any atom is 0.318 e. The summed E-state index contributed by atoms with van der Waals surface area (Å²) in [6.45, 7) is 1.47. The highest BCUT2D eigenvalue weighted by molar-refractivity contribution is 7.89. The number of hydrogen-bond acceptors (Lipinski definition) is 5. The molecular formula is C10H16N4O5S. The molecule has 20 heavy (non-hydrogen) atoms. The van der Waals surface area contributed by atoms with Gasteiger partial charge in [-0.25, -0.2) is 8.42 Å². The van der Waals surface area contributed by atoms with Gasteiger partial charge in [-0.2, -0.15) is 9.40 Å². The number of sulfonamides is 1. The van der Waals surface area contributed by atoms with Gasteiger partial charge in [-0.05, 0) is 13.8 Å². The van der Waals surface area contributed by atoms with E-state index in [9.17, 15) is 18.0 Å². The third-order valence-electron chi connectivity index (χ3n) is 2.68. The van der Waals surface area contributed by atoms with Gasteiger partial charge in [0, 0.05) is 7.05 Å². The zero-order chi connectivity index (χ0) is 15.7. The molecule has 0 aromatic carbocycles. The molecule has 9 nitrogen and oxygen atoms in total. The van der Waals surface area contributed by atoms with Gasteiger partial charge < -0.3 is 10.8 Å². The lowest BCUT2D eigenvalue weighted by molar-refractivity contribution is -0.137. The first-order chi connectivity index (χ1) is 9.07. The van der Waals surface area contributed by atoms with E-state index >= 15 is 0 Å². The maximum atomic E-state index is 12.5. The van der Waals surface area contributed by atoms with E-state index in [4.69, 9.17) is 10.8 Å². The Morgan fingerprint density at radius 3 is 2.25 bits per heavy atom. The van der Waals surface area contributed by atoms with Crippen LogP contribution in [-0.4, -0.2) is 52.6 Å². The fourth-order valence-electron chi connectivity index (χ4n) is 1.81. The molecule has 112 valence electrons. The molecule has 1 aromatic rings. The Bertz CT molecular complexity index is 633. The summed E-state index contributed by atoms with van der Waals surface area (Å²) in [7, 11) is -2.60. The van der Waals surface area contributed by atoms with E-state index in [0.717, 1.165) is 0 Å². The number of aliphatic carboxylic acids is 1. The van der Waals surface area contributed by atoms with Gasteiger partial charge in [0.25, 0.3) is 0 Å². The van der Waals surface area contributed by atoms with Crippen LogP contribution in [0, 0.1) is 13.8 Å². The van der Waals surface area contributed by atoms with Gasteiger partial charge in [0.1, 0.15) is 11.4 Å². The quantitative estimate of drug-likeness (QED) is 0.663. The van der Waals surface area contributed by atoms with Crippen LogP contribution in [0.3, 0.4) is 0 Å². The summed E-state index contributed by atoms with van der Waals surface area (Å²) in [4.78, 5) is 21.6.